The average Bonchev–Trinajstić information content (AvgIpc) is 3.07. The number of aromatic nitrogens is 3. The Morgan fingerprint density at radius 1 is 0.395 bits per heavy atom. The molecule has 43 heavy (non-hydrogen) atoms. The normalized spacial score (nSPS) is 12.5. The Morgan fingerprint density at radius 2 is 0.907 bits per heavy atom. The number of anilines is 3. The molecule has 0 radical (unpaired) electrons. The molecule has 1 aromatic heterocycles. The van der Waals surface area contributed by atoms with Gasteiger partial charge in [-0.3, -0.25) is 4.90 Å². The summed E-state index contributed by atoms with van der Waals surface area (Å²) in [6.07, 6.45) is 0. The molecule has 0 atom stereocenters. The van der Waals surface area contributed by atoms with Crippen LogP contribution in [-0.2, 0) is 0 Å². The van der Waals surface area contributed by atoms with E-state index in [-0.39, 0.29) is 0 Å². The first kappa shape index (κ1) is 23.7. The third kappa shape index (κ3) is 3.85. The summed E-state index contributed by atoms with van der Waals surface area (Å²) in [7, 11) is 0. The molecule has 3 heterocycles. The second kappa shape index (κ2) is 9.26. The lowest BCUT2D eigenvalue weighted by atomic mass is 10.0. The fraction of sp³-hybridized carbons (Fsp3) is 0. The Kier molecular flexibility index (Phi) is 5.10. The van der Waals surface area contributed by atoms with Crippen LogP contribution in [-0.4, -0.2) is 15.0 Å². The number of rotatable bonds is 3. The second-order valence-electron chi connectivity index (χ2n) is 10.5. The van der Waals surface area contributed by atoms with Gasteiger partial charge in [-0.25, -0.2) is 15.0 Å². The third-order valence-electron chi connectivity index (χ3n) is 7.84. The van der Waals surface area contributed by atoms with Crippen molar-refractivity contribution < 1.29 is 9.47 Å². The molecule has 0 bridgehead atoms. The van der Waals surface area contributed by atoms with Crippen LogP contribution < -0.4 is 14.4 Å². The van der Waals surface area contributed by atoms with E-state index in [0.717, 1.165) is 56.0 Å². The molecule has 202 valence electrons. The van der Waals surface area contributed by atoms with Gasteiger partial charge in [0, 0.05) is 16.7 Å². The first-order valence-corrected chi connectivity index (χ1v) is 14.1. The first-order chi connectivity index (χ1) is 21.3. The van der Waals surface area contributed by atoms with Gasteiger partial charge < -0.3 is 9.47 Å². The molecule has 0 spiro atoms. The van der Waals surface area contributed by atoms with E-state index < -0.39 is 0 Å². The molecule has 0 N–H and O–H groups in total. The summed E-state index contributed by atoms with van der Waals surface area (Å²) in [5.41, 5.74) is 5.38. The monoisotopic (exact) mass is 554 g/mol. The predicted octanol–water partition coefficient (Wildman–Crippen LogP) is 9.71. The Morgan fingerprint density at radius 3 is 1.56 bits per heavy atom. The Hall–Kier alpha value is -6.01. The Balaban J connectivity index is 1.27. The van der Waals surface area contributed by atoms with E-state index in [4.69, 9.17) is 24.4 Å². The molecule has 9 rings (SSSR count). The van der Waals surface area contributed by atoms with Gasteiger partial charge in [-0.05, 0) is 47.2 Å². The van der Waals surface area contributed by atoms with Gasteiger partial charge in [0.2, 0.25) is 0 Å². The highest BCUT2D eigenvalue weighted by Gasteiger charge is 2.35. The third-order valence-corrected chi connectivity index (χ3v) is 7.84. The van der Waals surface area contributed by atoms with Gasteiger partial charge in [0.1, 0.15) is 5.69 Å². The van der Waals surface area contributed by atoms with Gasteiger partial charge in [0.25, 0.3) is 0 Å². The van der Waals surface area contributed by atoms with Crippen molar-refractivity contribution in [3.8, 4) is 57.2 Å². The highest BCUT2D eigenvalue weighted by atomic mass is 16.5. The number of nitrogens with zero attached hydrogens (tertiary/aromatic N) is 4. The van der Waals surface area contributed by atoms with Crippen molar-refractivity contribution in [2.45, 2.75) is 0 Å². The van der Waals surface area contributed by atoms with Crippen LogP contribution in [0.15, 0.2) is 133 Å². The van der Waals surface area contributed by atoms with Crippen LogP contribution in [0.2, 0.25) is 0 Å². The lowest BCUT2D eigenvalue weighted by molar-refractivity contribution is 0.446. The van der Waals surface area contributed by atoms with Crippen molar-refractivity contribution >= 4 is 27.8 Å². The molecule has 0 unspecified atom stereocenters. The molecular formula is C37H22N4O2. The summed E-state index contributed by atoms with van der Waals surface area (Å²) in [4.78, 5) is 17.0. The lowest BCUT2D eigenvalue weighted by Gasteiger charge is -2.38. The van der Waals surface area contributed by atoms with Gasteiger partial charge >= 0.3 is 0 Å². The second-order valence-corrected chi connectivity index (χ2v) is 10.5. The SMILES string of the molecule is c1ccc(-c2nc(-c3ccccc3)nc(-c3cc4c5c(c3)Oc3cc6ccccc6cc3N5c3ccccc3O4)n2)cc1. The molecule has 0 amide bonds. The summed E-state index contributed by atoms with van der Waals surface area (Å²) in [6.45, 7) is 0. The molecule has 2 aliphatic heterocycles. The maximum atomic E-state index is 6.65. The Labute approximate surface area is 247 Å². The van der Waals surface area contributed by atoms with Crippen LogP contribution in [0.25, 0.3) is 44.9 Å². The summed E-state index contributed by atoms with van der Waals surface area (Å²) in [5, 5.41) is 2.25. The summed E-state index contributed by atoms with van der Waals surface area (Å²) in [6, 6.07) is 44.6. The molecular weight excluding hydrogens is 532 g/mol. The zero-order valence-corrected chi connectivity index (χ0v) is 22.8. The van der Waals surface area contributed by atoms with Crippen LogP contribution in [0.3, 0.4) is 0 Å². The van der Waals surface area contributed by atoms with Gasteiger partial charge in [0.05, 0.1) is 11.4 Å². The molecule has 7 aromatic rings. The van der Waals surface area contributed by atoms with Crippen molar-refractivity contribution in [1.29, 1.82) is 0 Å². The minimum absolute atomic E-state index is 0.536. The minimum atomic E-state index is 0.536. The lowest BCUT2D eigenvalue weighted by Crippen LogP contribution is -2.20. The summed E-state index contributed by atoms with van der Waals surface area (Å²) in [5.74, 6) is 4.62. The van der Waals surface area contributed by atoms with E-state index in [1.807, 2.05) is 97.1 Å². The van der Waals surface area contributed by atoms with E-state index in [2.05, 4.69) is 41.3 Å². The minimum Gasteiger partial charge on any atom is -0.453 e. The quantitative estimate of drug-likeness (QED) is 0.217. The van der Waals surface area contributed by atoms with Crippen LogP contribution >= 0.6 is 0 Å². The van der Waals surface area contributed by atoms with E-state index in [1.54, 1.807) is 0 Å². The zero-order valence-electron chi connectivity index (χ0n) is 22.8. The van der Waals surface area contributed by atoms with Gasteiger partial charge in [-0.15, -0.1) is 0 Å². The number of ether oxygens (including phenoxy) is 2. The number of fused-ring (bicyclic) bond motifs is 5. The van der Waals surface area contributed by atoms with E-state index >= 15 is 0 Å². The number of para-hydroxylation sites is 2. The van der Waals surface area contributed by atoms with Crippen LogP contribution in [0.4, 0.5) is 17.1 Å². The molecule has 0 aliphatic carbocycles. The van der Waals surface area contributed by atoms with Gasteiger partial charge in [-0.2, -0.15) is 0 Å². The zero-order chi connectivity index (χ0) is 28.3. The smallest absolute Gasteiger partial charge is 0.164 e. The van der Waals surface area contributed by atoms with Crippen molar-refractivity contribution in [2.75, 3.05) is 4.90 Å². The standard InChI is InChI=1S/C37H22N4O2/c1-3-11-23(12-4-1)35-38-36(24-13-5-2-6-14-24)40-37(39-35)27-21-32-34-33(22-27)43-31-20-26-16-8-7-15-25(26)19-29(31)41(34)28-17-9-10-18-30(28)42-32/h1-22H. The predicted molar refractivity (Wildman–Crippen MR) is 168 cm³/mol. The summed E-state index contributed by atoms with van der Waals surface area (Å²) >= 11 is 0. The fourth-order valence-corrected chi connectivity index (χ4v) is 5.82. The van der Waals surface area contributed by atoms with Gasteiger partial charge in [0.15, 0.2) is 40.5 Å². The van der Waals surface area contributed by atoms with Gasteiger partial charge in [-0.1, -0.05) is 97.1 Å². The molecule has 6 heteroatoms. The van der Waals surface area contributed by atoms with E-state index in [1.165, 1.54) is 0 Å². The largest absolute Gasteiger partial charge is 0.453 e. The van der Waals surface area contributed by atoms with Crippen molar-refractivity contribution in [2.24, 2.45) is 0 Å². The topological polar surface area (TPSA) is 60.4 Å². The van der Waals surface area contributed by atoms with Crippen molar-refractivity contribution in [3.05, 3.63) is 133 Å². The number of hydrogen-bond acceptors (Lipinski definition) is 6. The fourth-order valence-electron chi connectivity index (χ4n) is 5.82. The average molecular weight is 555 g/mol. The molecule has 2 aliphatic rings. The molecule has 0 fully saturated rings. The van der Waals surface area contributed by atoms with Crippen molar-refractivity contribution in [3.63, 3.8) is 0 Å². The van der Waals surface area contributed by atoms with Crippen LogP contribution in [0.1, 0.15) is 0 Å². The van der Waals surface area contributed by atoms with Crippen molar-refractivity contribution in [1.82, 2.24) is 15.0 Å². The maximum absolute atomic E-state index is 6.65. The number of benzene rings is 6. The molecule has 6 aromatic carbocycles. The maximum Gasteiger partial charge on any atom is 0.164 e. The Bertz CT molecular complexity index is 2140. The van der Waals surface area contributed by atoms with Crippen LogP contribution in [0, 0.1) is 0 Å². The summed E-state index contributed by atoms with van der Waals surface area (Å²) < 4.78 is 13.2. The molecule has 6 nitrogen and oxygen atoms in total. The first-order valence-electron chi connectivity index (χ1n) is 14.1. The highest BCUT2D eigenvalue weighted by molar-refractivity contribution is 5.99. The highest BCUT2D eigenvalue weighted by Crippen LogP contribution is 2.60. The number of hydrogen-bond donors (Lipinski definition) is 0. The molecule has 0 saturated heterocycles. The van der Waals surface area contributed by atoms with Crippen LogP contribution in [0.5, 0.6) is 23.0 Å². The van der Waals surface area contributed by atoms with E-state index in [9.17, 15) is 0 Å². The van der Waals surface area contributed by atoms with E-state index in [0.29, 0.717) is 29.0 Å². The molecule has 0 saturated carbocycles.